The Labute approximate surface area is 220 Å². The van der Waals surface area contributed by atoms with Crippen LogP contribution in [0.4, 0.5) is 0 Å². The number of fused-ring (bicyclic) bond motifs is 1. The third kappa shape index (κ3) is 6.06. The first-order valence-corrected chi connectivity index (χ1v) is 13.1. The van der Waals surface area contributed by atoms with Crippen molar-refractivity contribution in [2.24, 2.45) is 4.99 Å². The van der Waals surface area contributed by atoms with E-state index in [1.165, 1.54) is 17.4 Å². The van der Waals surface area contributed by atoms with Crippen molar-refractivity contribution >= 4 is 29.5 Å². The molecule has 1 aromatic heterocycles. The summed E-state index contributed by atoms with van der Waals surface area (Å²) in [6.07, 6.45) is 9.11. The van der Waals surface area contributed by atoms with Gasteiger partial charge in [0, 0.05) is 0 Å². The molecule has 3 aromatic rings. The van der Waals surface area contributed by atoms with Crippen LogP contribution in [0.2, 0.25) is 0 Å². The Hall–Kier alpha value is -3.97. The van der Waals surface area contributed by atoms with Crippen LogP contribution in [0, 0.1) is 0 Å². The predicted molar refractivity (Wildman–Crippen MR) is 148 cm³/mol. The second-order valence-electron chi connectivity index (χ2n) is 8.53. The van der Waals surface area contributed by atoms with E-state index in [0.717, 1.165) is 29.7 Å². The quantitative estimate of drug-likeness (QED) is 0.221. The van der Waals surface area contributed by atoms with Crippen LogP contribution in [0.3, 0.4) is 0 Å². The lowest BCUT2D eigenvalue weighted by Crippen LogP contribution is -2.39. The van der Waals surface area contributed by atoms with Gasteiger partial charge in [0.25, 0.3) is 5.56 Å². The Bertz CT molecular complexity index is 1500. The highest BCUT2D eigenvalue weighted by Crippen LogP contribution is 2.31. The molecule has 0 N–H and O–H groups in total. The van der Waals surface area contributed by atoms with Crippen LogP contribution in [0.15, 0.2) is 94.4 Å². The number of carbonyl (C=O) groups excluding carboxylic acids is 1. The summed E-state index contributed by atoms with van der Waals surface area (Å²) in [7, 11) is 0. The van der Waals surface area contributed by atoms with Crippen LogP contribution in [0.5, 0.6) is 5.75 Å². The number of hydrogen-bond donors (Lipinski definition) is 0. The normalized spacial score (nSPS) is 15.4. The number of nitrogens with zero attached hydrogens (tertiary/aromatic N) is 2. The Morgan fingerprint density at radius 1 is 1.16 bits per heavy atom. The van der Waals surface area contributed by atoms with Gasteiger partial charge in [-0.15, -0.1) is 0 Å². The zero-order valence-corrected chi connectivity index (χ0v) is 21.9. The summed E-state index contributed by atoms with van der Waals surface area (Å²) >= 11 is 1.30. The molecule has 0 radical (unpaired) electrons. The fraction of sp³-hybridized carbons (Fsp3) is 0.233. The number of hydrogen-bond acceptors (Lipinski definition) is 6. The van der Waals surface area contributed by atoms with Crippen molar-refractivity contribution in [3.63, 3.8) is 0 Å². The number of ether oxygens (including phenoxy) is 2. The van der Waals surface area contributed by atoms with E-state index in [1.54, 1.807) is 17.6 Å². The Kier molecular flexibility index (Phi) is 8.69. The van der Waals surface area contributed by atoms with Crippen molar-refractivity contribution in [2.75, 3.05) is 13.2 Å². The second-order valence-corrected chi connectivity index (χ2v) is 9.54. The van der Waals surface area contributed by atoms with E-state index in [9.17, 15) is 9.59 Å². The fourth-order valence-electron chi connectivity index (χ4n) is 4.02. The Morgan fingerprint density at radius 3 is 2.62 bits per heavy atom. The molecule has 0 saturated heterocycles. The van der Waals surface area contributed by atoms with Crippen molar-refractivity contribution in [2.45, 2.75) is 32.7 Å². The summed E-state index contributed by atoms with van der Waals surface area (Å²) in [4.78, 5) is 31.9. The number of thiazole rings is 1. The lowest BCUT2D eigenvalue weighted by molar-refractivity contribution is -0.138. The van der Waals surface area contributed by atoms with Crippen molar-refractivity contribution < 1.29 is 14.3 Å². The Morgan fingerprint density at radius 2 is 1.92 bits per heavy atom. The summed E-state index contributed by atoms with van der Waals surface area (Å²) < 4.78 is 13.3. The van der Waals surface area contributed by atoms with E-state index in [0.29, 0.717) is 27.2 Å². The number of benzene rings is 2. The molecule has 6 nitrogen and oxygen atoms in total. The van der Waals surface area contributed by atoms with Gasteiger partial charge in [0.1, 0.15) is 12.4 Å². The van der Waals surface area contributed by atoms with Gasteiger partial charge < -0.3 is 9.47 Å². The maximum atomic E-state index is 13.6. The number of esters is 1. The number of allylic oxidation sites excluding steroid dienone is 2. The van der Waals surface area contributed by atoms with Crippen LogP contribution in [0.1, 0.15) is 43.9 Å². The molecule has 7 heteroatoms. The molecule has 0 aliphatic carbocycles. The van der Waals surface area contributed by atoms with E-state index in [2.05, 4.69) is 18.5 Å². The molecule has 2 aromatic carbocycles. The van der Waals surface area contributed by atoms with E-state index in [1.807, 2.05) is 66.7 Å². The van der Waals surface area contributed by atoms with Crippen LogP contribution in [-0.2, 0) is 9.53 Å². The first-order chi connectivity index (χ1) is 18.0. The second kappa shape index (κ2) is 12.3. The highest BCUT2D eigenvalue weighted by Gasteiger charge is 2.33. The molecule has 0 saturated carbocycles. The predicted octanol–water partition coefficient (Wildman–Crippen LogP) is 4.81. The molecule has 190 valence electrons. The third-order valence-corrected chi connectivity index (χ3v) is 6.87. The maximum Gasteiger partial charge on any atom is 0.338 e. The maximum absolute atomic E-state index is 13.6. The first-order valence-electron chi connectivity index (χ1n) is 12.3. The van der Waals surface area contributed by atoms with Crippen LogP contribution >= 0.6 is 11.3 Å². The topological polar surface area (TPSA) is 69.9 Å². The van der Waals surface area contributed by atoms with Gasteiger partial charge in [-0.05, 0) is 42.7 Å². The van der Waals surface area contributed by atoms with Crippen molar-refractivity contribution in [1.82, 2.24) is 4.57 Å². The molecule has 1 unspecified atom stereocenters. The minimum absolute atomic E-state index is 0.0707. The minimum atomic E-state index is -0.668. The molecule has 0 spiro atoms. The van der Waals surface area contributed by atoms with Crippen LogP contribution in [-0.4, -0.2) is 23.8 Å². The van der Waals surface area contributed by atoms with Crippen molar-refractivity contribution in [3.8, 4) is 5.75 Å². The first kappa shape index (κ1) is 26.1. The SMILES string of the molecule is C=CCOC(=O)C1=C(C)N=c2s/c(=C\C=C\c3ccccc3)c(=O)n2C1c1ccc(OCCCC)cc1. The molecule has 0 amide bonds. The van der Waals surface area contributed by atoms with Gasteiger partial charge in [0.15, 0.2) is 4.80 Å². The standard InChI is InChI=1S/C30H30N2O4S/c1-4-6-20-35-24-17-15-23(16-18-24)27-26(29(34)36-19-5-2)21(3)31-30-32(27)28(33)25(37-30)14-10-13-22-11-8-7-9-12-22/h5,7-18,27H,2,4,6,19-20H2,1,3H3/b13-10+,25-14-. The minimum Gasteiger partial charge on any atom is -0.494 e. The zero-order valence-electron chi connectivity index (χ0n) is 21.1. The fourth-order valence-corrected chi connectivity index (χ4v) is 5.01. The molecule has 4 rings (SSSR count). The lowest BCUT2D eigenvalue weighted by atomic mass is 9.96. The van der Waals surface area contributed by atoms with Crippen molar-refractivity contribution in [3.05, 3.63) is 115 Å². The summed E-state index contributed by atoms with van der Waals surface area (Å²) in [6.45, 7) is 8.22. The lowest BCUT2D eigenvalue weighted by Gasteiger charge is -2.24. The number of unbranched alkanes of at least 4 members (excludes halogenated alkanes) is 1. The molecular weight excluding hydrogens is 484 g/mol. The molecule has 1 aliphatic rings. The summed E-state index contributed by atoms with van der Waals surface area (Å²) in [5, 5.41) is 0. The van der Waals surface area contributed by atoms with E-state index < -0.39 is 12.0 Å². The third-order valence-electron chi connectivity index (χ3n) is 5.87. The van der Waals surface area contributed by atoms with Crippen LogP contribution in [0.25, 0.3) is 12.2 Å². The van der Waals surface area contributed by atoms with Crippen LogP contribution < -0.4 is 19.6 Å². The van der Waals surface area contributed by atoms with Crippen molar-refractivity contribution in [1.29, 1.82) is 0 Å². The zero-order chi connectivity index (χ0) is 26.2. The average molecular weight is 515 g/mol. The van der Waals surface area contributed by atoms with Gasteiger partial charge in [-0.1, -0.05) is 92.0 Å². The number of aromatic nitrogens is 1. The van der Waals surface area contributed by atoms with E-state index >= 15 is 0 Å². The van der Waals surface area contributed by atoms with Gasteiger partial charge in [-0.2, -0.15) is 0 Å². The summed E-state index contributed by atoms with van der Waals surface area (Å²) in [5.41, 5.74) is 2.45. The highest BCUT2D eigenvalue weighted by atomic mass is 32.1. The highest BCUT2D eigenvalue weighted by molar-refractivity contribution is 7.07. The Balaban J connectivity index is 1.77. The summed E-state index contributed by atoms with van der Waals surface area (Å²) in [5.74, 6) is 0.222. The van der Waals surface area contributed by atoms with Gasteiger partial charge in [-0.25, -0.2) is 9.79 Å². The molecule has 1 atom stereocenters. The molecule has 0 fully saturated rings. The molecular formula is C30H30N2O4S. The van der Waals surface area contributed by atoms with Gasteiger partial charge in [0.2, 0.25) is 0 Å². The monoisotopic (exact) mass is 514 g/mol. The van der Waals surface area contributed by atoms with E-state index in [-0.39, 0.29) is 12.2 Å². The summed E-state index contributed by atoms with van der Waals surface area (Å²) in [6, 6.07) is 16.7. The number of carbonyl (C=O) groups is 1. The average Bonchev–Trinajstić information content (AvgIpc) is 3.22. The van der Waals surface area contributed by atoms with E-state index in [4.69, 9.17) is 9.47 Å². The largest absolute Gasteiger partial charge is 0.494 e. The number of rotatable bonds is 10. The molecule has 0 bridgehead atoms. The van der Waals surface area contributed by atoms with Gasteiger partial charge in [-0.3, -0.25) is 9.36 Å². The molecule has 37 heavy (non-hydrogen) atoms. The van der Waals surface area contributed by atoms with Gasteiger partial charge in [0.05, 0.1) is 28.5 Å². The molecule has 1 aliphatic heterocycles. The van der Waals surface area contributed by atoms with Gasteiger partial charge >= 0.3 is 5.97 Å². The smallest absolute Gasteiger partial charge is 0.338 e. The molecule has 2 heterocycles.